The first-order valence-electron chi connectivity index (χ1n) is 41.7. The fourth-order valence-corrected chi connectivity index (χ4v) is 13.7. The van der Waals surface area contributed by atoms with E-state index in [2.05, 4.69) is 43.5 Å². The molecule has 0 aromatic rings. The van der Waals surface area contributed by atoms with Gasteiger partial charge in [-0.15, -0.1) is 0 Å². The van der Waals surface area contributed by atoms with Crippen LogP contribution in [0.1, 0.15) is 438 Å². The molecule has 1 rings (SSSR count). The highest BCUT2D eigenvalue weighted by molar-refractivity contribution is 5.76. The first-order valence-corrected chi connectivity index (χ1v) is 41.7. The fourth-order valence-electron chi connectivity index (χ4n) is 13.7. The van der Waals surface area contributed by atoms with Crippen LogP contribution >= 0.6 is 0 Å². The normalized spacial score (nSPS) is 17.7. The Morgan fingerprint density at radius 2 is 0.634 bits per heavy atom. The molecule has 1 heterocycles. The van der Waals surface area contributed by atoms with Crippen molar-refractivity contribution in [1.82, 2.24) is 5.32 Å². The maximum absolute atomic E-state index is 13.2. The molecular formula is C84H161NO8. The van der Waals surface area contributed by atoms with E-state index in [0.29, 0.717) is 6.42 Å². The van der Waals surface area contributed by atoms with Crippen molar-refractivity contribution >= 4 is 5.91 Å². The summed E-state index contributed by atoms with van der Waals surface area (Å²) in [5, 5.41) is 54.9. The van der Waals surface area contributed by atoms with E-state index in [1.54, 1.807) is 6.08 Å². The number of nitrogens with one attached hydrogen (secondary N) is 1. The van der Waals surface area contributed by atoms with Crippen molar-refractivity contribution in [2.45, 2.75) is 480 Å². The lowest BCUT2D eigenvalue weighted by atomic mass is 9.99. The molecule has 9 nitrogen and oxygen atoms in total. The van der Waals surface area contributed by atoms with E-state index in [-0.39, 0.29) is 12.5 Å². The summed E-state index contributed by atoms with van der Waals surface area (Å²) in [6.07, 6.45) is 93.1. The number of hydrogen-bond donors (Lipinski definition) is 6. The van der Waals surface area contributed by atoms with Gasteiger partial charge in [0.05, 0.1) is 25.4 Å². The van der Waals surface area contributed by atoms with E-state index in [4.69, 9.17) is 9.47 Å². The average Bonchev–Trinajstić information content (AvgIpc) is 1.00. The lowest BCUT2D eigenvalue weighted by Crippen LogP contribution is -2.60. The van der Waals surface area contributed by atoms with E-state index < -0.39 is 49.5 Å². The number of allylic oxidation sites excluding steroid dienone is 5. The van der Waals surface area contributed by atoms with Crippen LogP contribution in [0.15, 0.2) is 36.5 Å². The molecule has 1 saturated heterocycles. The summed E-state index contributed by atoms with van der Waals surface area (Å²) >= 11 is 0. The van der Waals surface area contributed by atoms with Crippen molar-refractivity contribution in [2.75, 3.05) is 13.2 Å². The maximum Gasteiger partial charge on any atom is 0.220 e. The predicted octanol–water partition coefficient (Wildman–Crippen LogP) is 24.1. The molecule has 1 amide bonds. The first-order chi connectivity index (χ1) is 45.8. The van der Waals surface area contributed by atoms with Crippen LogP contribution in [-0.2, 0) is 14.3 Å². The second-order valence-electron chi connectivity index (χ2n) is 29.3. The summed E-state index contributed by atoms with van der Waals surface area (Å²) in [6.45, 7) is 3.84. The van der Waals surface area contributed by atoms with Crippen LogP contribution < -0.4 is 5.32 Å². The van der Waals surface area contributed by atoms with Gasteiger partial charge in [0, 0.05) is 6.42 Å². The molecule has 0 aliphatic carbocycles. The molecule has 7 unspecified atom stereocenters. The first kappa shape index (κ1) is 89.4. The predicted molar refractivity (Wildman–Crippen MR) is 401 cm³/mol. The summed E-state index contributed by atoms with van der Waals surface area (Å²) in [6, 6.07) is -0.805. The molecule has 1 fully saturated rings. The topological polar surface area (TPSA) is 149 Å². The third-order valence-corrected chi connectivity index (χ3v) is 20.2. The van der Waals surface area contributed by atoms with Crippen LogP contribution in [0.25, 0.3) is 0 Å². The van der Waals surface area contributed by atoms with Crippen molar-refractivity contribution in [3.8, 4) is 0 Å². The van der Waals surface area contributed by atoms with Gasteiger partial charge in [-0.1, -0.05) is 416 Å². The van der Waals surface area contributed by atoms with Crippen LogP contribution in [0.2, 0.25) is 0 Å². The van der Waals surface area contributed by atoms with Gasteiger partial charge < -0.3 is 40.3 Å². The molecule has 0 aromatic heterocycles. The number of amides is 1. The van der Waals surface area contributed by atoms with Crippen LogP contribution in [0.5, 0.6) is 0 Å². The van der Waals surface area contributed by atoms with Crippen molar-refractivity contribution in [2.24, 2.45) is 0 Å². The van der Waals surface area contributed by atoms with Gasteiger partial charge in [0.2, 0.25) is 5.91 Å². The van der Waals surface area contributed by atoms with Gasteiger partial charge in [0.15, 0.2) is 6.29 Å². The van der Waals surface area contributed by atoms with Gasteiger partial charge in [-0.05, 0) is 51.4 Å². The van der Waals surface area contributed by atoms with Crippen LogP contribution in [0, 0.1) is 0 Å². The summed E-state index contributed by atoms with van der Waals surface area (Å²) in [5.74, 6) is -0.166. The zero-order valence-electron chi connectivity index (χ0n) is 62.0. The van der Waals surface area contributed by atoms with Gasteiger partial charge >= 0.3 is 0 Å². The number of carbonyl (C=O) groups is 1. The molecule has 1 aliphatic rings. The van der Waals surface area contributed by atoms with E-state index in [9.17, 15) is 30.3 Å². The van der Waals surface area contributed by atoms with Gasteiger partial charge in [-0.2, -0.15) is 0 Å². The van der Waals surface area contributed by atoms with Gasteiger partial charge in [-0.25, -0.2) is 0 Å². The minimum absolute atomic E-state index is 0.166. The molecule has 7 atom stereocenters. The fraction of sp³-hybridized carbons (Fsp3) is 0.917. The smallest absolute Gasteiger partial charge is 0.220 e. The van der Waals surface area contributed by atoms with E-state index >= 15 is 0 Å². The molecule has 0 bridgehead atoms. The van der Waals surface area contributed by atoms with E-state index in [1.165, 1.54) is 372 Å². The lowest BCUT2D eigenvalue weighted by Gasteiger charge is -2.40. The highest BCUT2D eigenvalue weighted by Crippen LogP contribution is 2.24. The summed E-state index contributed by atoms with van der Waals surface area (Å²) < 4.78 is 11.4. The monoisotopic (exact) mass is 1310 g/mol. The number of hydrogen-bond acceptors (Lipinski definition) is 8. The second-order valence-corrected chi connectivity index (χ2v) is 29.3. The summed E-state index contributed by atoms with van der Waals surface area (Å²) in [4.78, 5) is 13.2. The third kappa shape index (κ3) is 61.3. The molecule has 0 saturated carbocycles. The van der Waals surface area contributed by atoms with E-state index in [1.807, 2.05) is 6.08 Å². The Labute approximate surface area is 578 Å². The highest BCUT2D eigenvalue weighted by atomic mass is 16.7. The number of aliphatic hydroxyl groups is 5. The quantitative estimate of drug-likeness (QED) is 0.0261. The Kier molecular flexibility index (Phi) is 70.3. The second kappa shape index (κ2) is 73.1. The number of unbranched alkanes of at least 4 members (excludes halogenated alkanes) is 61. The Morgan fingerprint density at radius 1 is 0.366 bits per heavy atom. The Morgan fingerprint density at radius 3 is 0.925 bits per heavy atom. The van der Waals surface area contributed by atoms with Crippen molar-refractivity contribution in [3.05, 3.63) is 36.5 Å². The van der Waals surface area contributed by atoms with Crippen molar-refractivity contribution < 1.29 is 39.8 Å². The van der Waals surface area contributed by atoms with Crippen LogP contribution in [0.4, 0.5) is 0 Å². The number of ether oxygens (including phenoxy) is 2. The molecule has 0 aromatic carbocycles. The lowest BCUT2D eigenvalue weighted by molar-refractivity contribution is -0.302. The average molecular weight is 1310 g/mol. The number of aliphatic hydroxyl groups excluding tert-OH is 5. The largest absolute Gasteiger partial charge is 0.394 e. The minimum Gasteiger partial charge on any atom is -0.394 e. The van der Waals surface area contributed by atoms with Crippen molar-refractivity contribution in [1.29, 1.82) is 0 Å². The molecular weight excluding hydrogens is 1150 g/mol. The molecule has 6 N–H and O–H groups in total. The molecule has 0 radical (unpaired) electrons. The minimum atomic E-state index is -1.57. The zero-order valence-corrected chi connectivity index (χ0v) is 62.0. The number of carbonyl (C=O) groups excluding carboxylic acids is 1. The molecule has 9 heteroatoms. The Balaban J connectivity index is 2.03. The molecule has 0 spiro atoms. The van der Waals surface area contributed by atoms with Crippen LogP contribution in [0.3, 0.4) is 0 Å². The van der Waals surface area contributed by atoms with Crippen molar-refractivity contribution in [3.63, 3.8) is 0 Å². The molecule has 1 aliphatic heterocycles. The Bertz CT molecular complexity index is 1570. The maximum atomic E-state index is 13.2. The summed E-state index contributed by atoms with van der Waals surface area (Å²) in [5.41, 5.74) is 0. The molecule has 550 valence electrons. The van der Waals surface area contributed by atoms with Crippen LogP contribution in [-0.4, -0.2) is 87.5 Å². The highest BCUT2D eigenvalue weighted by Gasteiger charge is 2.44. The SMILES string of the molecule is CCCCCCC/C=C\C/C=C\CCCCCCCCCCCCCCCCCCCCCCCCCCCCCCCC(=O)NC(COC1OC(CO)C(O)C(O)C1O)C(O)/C=C/CCCCCCCCCCCCCCCCCCCCCCCCCCCCC. The summed E-state index contributed by atoms with van der Waals surface area (Å²) in [7, 11) is 0. The number of rotatable bonds is 75. The van der Waals surface area contributed by atoms with Gasteiger partial charge in [-0.3, -0.25) is 4.79 Å². The zero-order chi connectivity index (χ0) is 67.1. The Hall–Kier alpha value is -1.59. The van der Waals surface area contributed by atoms with E-state index in [0.717, 1.165) is 44.9 Å². The third-order valence-electron chi connectivity index (χ3n) is 20.2. The van der Waals surface area contributed by atoms with Gasteiger partial charge in [0.1, 0.15) is 24.4 Å². The molecule has 93 heavy (non-hydrogen) atoms. The van der Waals surface area contributed by atoms with Gasteiger partial charge in [0.25, 0.3) is 0 Å². The standard InChI is InChI=1S/C84H161NO8/c1-3-5-7-9-11-13-15-17-19-21-23-25-27-29-31-33-34-35-36-37-38-39-40-41-42-43-44-46-48-50-52-54-56-58-60-62-64-66-68-70-72-74-80(88)85-77(76-92-84-83(91)82(90)81(89)79(75-86)93-84)78(87)73-71-69-67-65-63-61-59-57-55-53-51-49-47-45-32-30-28-26-24-22-20-18-16-14-12-10-8-6-4-2/h15,17,21,23,71,73,77-79,81-84,86-87,89-91H,3-14,16,18-20,22,24-70,72,74-76H2,1-2H3,(H,85,88)/b17-15-,23-21-,73-71+.